The lowest BCUT2D eigenvalue weighted by molar-refractivity contribution is -0.116. The Bertz CT molecular complexity index is 1110. The van der Waals surface area contributed by atoms with Crippen LogP contribution < -0.4 is 5.32 Å². The van der Waals surface area contributed by atoms with Gasteiger partial charge in [0.2, 0.25) is 15.9 Å². The summed E-state index contributed by atoms with van der Waals surface area (Å²) in [6, 6.07) is 18.0. The largest absolute Gasteiger partial charge is 0.325 e. The highest BCUT2D eigenvalue weighted by Gasteiger charge is 2.23. The van der Waals surface area contributed by atoms with Crippen molar-refractivity contribution in [1.82, 2.24) is 4.31 Å². The van der Waals surface area contributed by atoms with Crippen molar-refractivity contribution in [3.05, 3.63) is 70.7 Å². The van der Waals surface area contributed by atoms with Gasteiger partial charge in [0.1, 0.15) is 0 Å². The van der Waals surface area contributed by atoms with Crippen LogP contribution in [-0.4, -0.2) is 32.2 Å². The van der Waals surface area contributed by atoms with E-state index in [0.29, 0.717) is 5.69 Å². The molecule has 0 saturated carbocycles. The minimum Gasteiger partial charge on any atom is -0.325 e. The minimum atomic E-state index is -3.77. The highest BCUT2D eigenvalue weighted by Crippen LogP contribution is 2.22. The second-order valence-corrected chi connectivity index (χ2v) is 9.24. The molecule has 0 aliphatic heterocycles. The first-order chi connectivity index (χ1) is 12.8. The molecule has 0 aromatic heterocycles. The Kier molecular flexibility index (Phi) is 5.64. The molecular formula is C20H19BrN2O3S. The van der Waals surface area contributed by atoms with E-state index in [1.54, 1.807) is 24.3 Å². The van der Waals surface area contributed by atoms with E-state index in [-0.39, 0.29) is 11.4 Å². The molecule has 0 heterocycles. The number of aryl methyl sites for hydroxylation is 1. The first kappa shape index (κ1) is 19.5. The molecule has 0 atom stereocenters. The molecule has 0 aliphatic rings. The first-order valence-electron chi connectivity index (χ1n) is 8.28. The van der Waals surface area contributed by atoms with Crippen LogP contribution in [0.3, 0.4) is 0 Å². The predicted octanol–water partition coefficient (Wildman–Crippen LogP) is 4.17. The van der Waals surface area contributed by atoms with Gasteiger partial charge in [-0.2, -0.15) is 4.31 Å². The molecule has 0 unspecified atom stereocenters. The quantitative estimate of drug-likeness (QED) is 0.639. The number of nitrogens with zero attached hydrogens (tertiary/aromatic N) is 1. The lowest BCUT2D eigenvalue weighted by atomic mass is 10.1. The zero-order chi connectivity index (χ0) is 19.6. The van der Waals surface area contributed by atoms with Crippen LogP contribution in [0.2, 0.25) is 0 Å². The van der Waals surface area contributed by atoms with Gasteiger partial charge >= 0.3 is 0 Å². The number of likely N-dealkylation sites (N-methyl/N-ethyl adjacent to an activating group) is 1. The van der Waals surface area contributed by atoms with Gasteiger partial charge < -0.3 is 5.32 Å². The summed E-state index contributed by atoms with van der Waals surface area (Å²) in [7, 11) is -2.37. The van der Waals surface area contributed by atoms with Crippen LogP contribution in [0.4, 0.5) is 5.69 Å². The molecule has 7 heteroatoms. The maximum Gasteiger partial charge on any atom is 0.243 e. The van der Waals surface area contributed by atoms with Crippen molar-refractivity contribution in [3.63, 3.8) is 0 Å². The third-order valence-electron chi connectivity index (χ3n) is 4.26. The fraction of sp³-hybridized carbons (Fsp3) is 0.150. The summed E-state index contributed by atoms with van der Waals surface area (Å²) in [5.74, 6) is -0.396. The number of rotatable bonds is 5. The van der Waals surface area contributed by atoms with Gasteiger partial charge in [-0.15, -0.1) is 0 Å². The van der Waals surface area contributed by atoms with Crippen LogP contribution in [0.5, 0.6) is 0 Å². The van der Waals surface area contributed by atoms with Crippen LogP contribution in [0.1, 0.15) is 5.56 Å². The summed E-state index contributed by atoms with van der Waals surface area (Å²) in [6.07, 6.45) is 0. The van der Waals surface area contributed by atoms with E-state index in [2.05, 4.69) is 21.2 Å². The van der Waals surface area contributed by atoms with E-state index in [1.165, 1.54) is 7.05 Å². The number of benzene rings is 3. The van der Waals surface area contributed by atoms with Gasteiger partial charge in [0.15, 0.2) is 0 Å². The van der Waals surface area contributed by atoms with Gasteiger partial charge in [-0.25, -0.2) is 8.42 Å². The lowest BCUT2D eigenvalue weighted by Gasteiger charge is -2.18. The van der Waals surface area contributed by atoms with E-state index in [0.717, 1.165) is 25.1 Å². The van der Waals surface area contributed by atoms with Gasteiger partial charge in [-0.05, 0) is 53.6 Å². The van der Waals surface area contributed by atoms with Gasteiger partial charge in [0.25, 0.3) is 0 Å². The fourth-order valence-corrected chi connectivity index (χ4v) is 4.39. The number of carbonyl (C=O) groups excluding carboxylic acids is 1. The average molecular weight is 447 g/mol. The maximum atomic E-state index is 12.8. The van der Waals surface area contributed by atoms with Gasteiger partial charge in [-0.1, -0.05) is 46.3 Å². The van der Waals surface area contributed by atoms with E-state index >= 15 is 0 Å². The molecular weight excluding hydrogens is 428 g/mol. The molecule has 3 aromatic rings. The number of anilines is 1. The number of nitrogens with one attached hydrogen (secondary N) is 1. The molecule has 5 nitrogen and oxygen atoms in total. The highest BCUT2D eigenvalue weighted by molar-refractivity contribution is 9.10. The Hall–Kier alpha value is -2.22. The Labute approximate surface area is 167 Å². The summed E-state index contributed by atoms with van der Waals surface area (Å²) < 4.78 is 27.6. The Morgan fingerprint density at radius 1 is 1.04 bits per heavy atom. The number of amides is 1. The second kappa shape index (κ2) is 7.80. The van der Waals surface area contributed by atoms with Crippen molar-refractivity contribution in [2.24, 2.45) is 0 Å². The van der Waals surface area contributed by atoms with E-state index in [1.807, 2.05) is 43.3 Å². The predicted molar refractivity (Wildman–Crippen MR) is 111 cm³/mol. The van der Waals surface area contributed by atoms with Gasteiger partial charge in [0, 0.05) is 17.2 Å². The lowest BCUT2D eigenvalue weighted by Crippen LogP contribution is -2.35. The number of sulfonamides is 1. The van der Waals surface area contributed by atoms with E-state index in [4.69, 9.17) is 0 Å². The number of fused-ring (bicyclic) bond motifs is 1. The summed E-state index contributed by atoms with van der Waals surface area (Å²) in [5, 5.41) is 4.55. The monoisotopic (exact) mass is 446 g/mol. The van der Waals surface area contributed by atoms with Gasteiger partial charge in [0.05, 0.1) is 11.4 Å². The zero-order valence-electron chi connectivity index (χ0n) is 14.9. The van der Waals surface area contributed by atoms with Crippen molar-refractivity contribution < 1.29 is 13.2 Å². The Balaban J connectivity index is 1.76. The van der Waals surface area contributed by atoms with Crippen molar-refractivity contribution in [1.29, 1.82) is 0 Å². The molecule has 27 heavy (non-hydrogen) atoms. The van der Waals surface area contributed by atoms with Crippen LogP contribution in [0.25, 0.3) is 10.8 Å². The van der Waals surface area contributed by atoms with E-state index < -0.39 is 15.9 Å². The molecule has 1 N–H and O–H groups in total. The molecule has 0 saturated heterocycles. The van der Waals surface area contributed by atoms with Crippen LogP contribution >= 0.6 is 15.9 Å². The zero-order valence-corrected chi connectivity index (χ0v) is 17.3. The number of hydrogen-bond acceptors (Lipinski definition) is 3. The summed E-state index contributed by atoms with van der Waals surface area (Å²) in [5.41, 5.74) is 1.54. The van der Waals surface area contributed by atoms with Crippen LogP contribution in [0, 0.1) is 6.92 Å². The average Bonchev–Trinajstić information content (AvgIpc) is 2.63. The maximum absolute atomic E-state index is 12.8. The number of hydrogen-bond donors (Lipinski definition) is 1. The molecule has 3 rings (SSSR count). The Morgan fingerprint density at radius 3 is 2.44 bits per heavy atom. The molecule has 0 aliphatic carbocycles. The van der Waals surface area contributed by atoms with Crippen molar-refractivity contribution in [2.75, 3.05) is 18.9 Å². The molecule has 1 amide bonds. The van der Waals surface area contributed by atoms with Crippen LogP contribution in [-0.2, 0) is 14.8 Å². The molecule has 0 fully saturated rings. The van der Waals surface area contributed by atoms with Crippen molar-refractivity contribution in [3.8, 4) is 0 Å². The van der Waals surface area contributed by atoms with Crippen LogP contribution in [0.15, 0.2) is 70.0 Å². The first-order valence-corrected chi connectivity index (χ1v) is 10.5. The third kappa shape index (κ3) is 4.37. The normalized spacial score (nSPS) is 11.7. The molecule has 140 valence electrons. The SMILES string of the molecule is Cc1cc(Br)ccc1NC(=O)CN(C)S(=O)(=O)c1ccc2ccccc2c1. The molecule has 0 spiro atoms. The highest BCUT2D eigenvalue weighted by atomic mass is 79.9. The topological polar surface area (TPSA) is 66.5 Å². The molecule has 3 aromatic carbocycles. The van der Waals surface area contributed by atoms with Crippen molar-refractivity contribution >= 4 is 48.3 Å². The molecule has 0 bridgehead atoms. The summed E-state index contributed by atoms with van der Waals surface area (Å²) in [4.78, 5) is 12.5. The number of carbonyl (C=O) groups is 1. The van der Waals surface area contributed by atoms with Crippen molar-refractivity contribution in [2.45, 2.75) is 11.8 Å². The van der Waals surface area contributed by atoms with Gasteiger partial charge in [-0.3, -0.25) is 4.79 Å². The Morgan fingerprint density at radius 2 is 1.74 bits per heavy atom. The second-order valence-electron chi connectivity index (χ2n) is 6.28. The third-order valence-corrected chi connectivity index (χ3v) is 6.55. The minimum absolute atomic E-state index is 0.163. The standard InChI is InChI=1S/C20H19BrN2O3S/c1-14-11-17(21)8-10-19(14)22-20(24)13-23(2)27(25,26)18-9-7-15-5-3-4-6-16(15)12-18/h3-12H,13H2,1-2H3,(H,22,24). The fourth-order valence-electron chi connectivity index (χ4n) is 2.75. The number of halogens is 1. The summed E-state index contributed by atoms with van der Waals surface area (Å²) >= 11 is 3.37. The van der Waals surface area contributed by atoms with E-state index in [9.17, 15) is 13.2 Å². The summed E-state index contributed by atoms with van der Waals surface area (Å²) in [6.45, 7) is 1.60. The smallest absolute Gasteiger partial charge is 0.243 e. The molecule has 0 radical (unpaired) electrons.